The van der Waals surface area contributed by atoms with Gasteiger partial charge in [0.2, 0.25) is 15.9 Å². The van der Waals surface area contributed by atoms with Crippen LogP contribution < -0.4 is 0 Å². The highest BCUT2D eigenvalue weighted by Crippen LogP contribution is 2.54. The molecular weight excluding hydrogens is 649 g/mol. The summed E-state index contributed by atoms with van der Waals surface area (Å²) >= 11 is 0. The zero-order chi connectivity index (χ0) is 33.9. The number of aromatic nitrogens is 1. The van der Waals surface area contributed by atoms with E-state index < -0.39 is 93.6 Å². The number of alkyl halides is 7. The van der Waals surface area contributed by atoms with Gasteiger partial charge in [-0.1, -0.05) is 12.1 Å². The number of Topliss-reactive ketones (excluding diaryl/α,β-unsaturated/α-hetero) is 1. The lowest BCUT2D eigenvalue weighted by atomic mass is 9.71. The molecule has 1 amide bonds. The van der Waals surface area contributed by atoms with Crippen molar-refractivity contribution in [2.75, 3.05) is 32.4 Å². The summed E-state index contributed by atoms with van der Waals surface area (Å²) in [5, 5.41) is 9.42. The molecule has 1 aliphatic heterocycles. The molecule has 17 heteroatoms. The van der Waals surface area contributed by atoms with E-state index >= 15 is 0 Å². The van der Waals surface area contributed by atoms with E-state index in [1.54, 1.807) is 0 Å². The van der Waals surface area contributed by atoms with Gasteiger partial charge in [0.15, 0.2) is 0 Å². The fourth-order valence-corrected chi connectivity index (χ4v) is 6.78. The number of halogens is 7. The number of rotatable bonds is 8. The Kier molecular flexibility index (Phi) is 8.55. The van der Waals surface area contributed by atoms with Crippen molar-refractivity contribution in [3.63, 3.8) is 0 Å². The molecule has 1 saturated heterocycles. The van der Waals surface area contributed by atoms with E-state index in [1.165, 1.54) is 33.5 Å². The lowest BCUT2D eigenvalue weighted by Crippen LogP contribution is -2.50. The number of nitriles is 1. The summed E-state index contributed by atoms with van der Waals surface area (Å²) in [4.78, 5) is 31.2. The summed E-state index contributed by atoms with van der Waals surface area (Å²) in [6.45, 7) is 0.311. The van der Waals surface area contributed by atoms with Crippen molar-refractivity contribution >= 4 is 21.7 Å². The molecule has 3 aliphatic rings. The third-order valence-electron chi connectivity index (χ3n) is 8.86. The Hall–Kier alpha value is -3.52. The van der Waals surface area contributed by atoms with Gasteiger partial charge >= 0.3 is 12.1 Å². The number of oxazole rings is 1. The fraction of sp³-hybridized carbons (Fsp3) is 0.586. The summed E-state index contributed by atoms with van der Waals surface area (Å²) in [6.07, 6.45) is -6.98. The molecule has 2 aliphatic carbocycles. The first kappa shape index (κ1) is 33.8. The Bertz CT molecular complexity index is 1660. The minimum absolute atomic E-state index is 0.0664. The Morgan fingerprint density at radius 1 is 1.04 bits per heavy atom. The van der Waals surface area contributed by atoms with Gasteiger partial charge < -0.3 is 9.32 Å². The van der Waals surface area contributed by atoms with Gasteiger partial charge in [0.25, 0.3) is 11.8 Å². The van der Waals surface area contributed by atoms with Crippen molar-refractivity contribution < 1.29 is 53.2 Å². The minimum Gasteiger partial charge on any atom is -0.439 e. The van der Waals surface area contributed by atoms with Crippen LogP contribution in [0.25, 0.3) is 11.3 Å². The Labute approximate surface area is 259 Å². The van der Waals surface area contributed by atoms with Crippen LogP contribution in [0.1, 0.15) is 66.5 Å². The number of ketones is 1. The lowest BCUT2D eigenvalue weighted by Gasteiger charge is -2.34. The van der Waals surface area contributed by atoms with Crippen LogP contribution in [-0.4, -0.2) is 78.8 Å². The molecule has 0 N–H and O–H groups in total. The van der Waals surface area contributed by atoms with Crippen molar-refractivity contribution in [1.29, 1.82) is 5.26 Å². The lowest BCUT2D eigenvalue weighted by molar-refractivity contribution is -0.297. The number of hydrogen-bond donors (Lipinski definition) is 0. The molecule has 2 heterocycles. The second-order valence-electron chi connectivity index (χ2n) is 12.2. The standard InChI is InChI=1S/C29H29F7N4O5S/c1-46(43,44)40-12-10-39(11-13-40)24(42)18-4-2-17(3-5-18)22-23(45-25(38-22)28(32,33)29(34,35)36)19-6-7-27(30,31)14-20(19)21(41)15-26(16-37)8-9-26/h2-5,19-20H,6-15H2,1H3/t19-,20-/m1/s1. The molecule has 1 aromatic carbocycles. The van der Waals surface area contributed by atoms with Crippen LogP contribution in [0.2, 0.25) is 0 Å². The second kappa shape index (κ2) is 11.6. The topological polar surface area (TPSA) is 125 Å². The van der Waals surface area contributed by atoms with Crippen LogP contribution >= 0.6 is 0 Å². The van der Waals surface area contributed by atoms with Gasteiger partial charge in [0.05, 0.1) is 17.7 Å². The molecule has 2 atom stereocenters. The van der Waals surface area contributed by atoms with Crippen molar-refractivity contribution in [3.8, 4) is 17.3 Å². The van der Waals surface area contributed by atoms with E-state index in [2.05, 4.69) is 4.98 Å². The molecule has 3 fully saturated rings. The van der Waals surface area contributed by atoms with E-state index in [1.807, 2.05) is 6.07 Å². The number of benzene rings is 1. The first-order valence-electron chi connectivity index (χ1n) is 14.4. The highest BCUT2D eigenvalue weighted by molar-refractivity contribution is 7.88. The maximum absolute atomic E-state index is 14.6. The van der Waals surface area contributed by atoms with Gasteiger partial charge in [-0.05, 0) is 31.4 Å². The number of carbonyl (C=O) groups is 2. The molecule has 250 valence electrons. The van der Waals surface area contributed by atoms with Gasteiger partial charge in [-0.3, -0.25) is 9.59 Å². The quantitative estimate of drug-likeness (QED) is 0.338. The van der Waals surface area contributed by atoms with Crippen LogP contribution in [-0.2, 0) is 20.7 Å². The summed E-state index contributed by atoms with van der Waals surface area (Å²) in [7, 11) is -3.45. The van der Waals surface area contributed by atoms with Crippen LogP contribution in [0.5, 0.6) is 0 Å². The summed E-state index contributed by atoms with van der Waals surface area (Å²) in [5.74, 6) is -15.6. The second-order valence-corrected chi connectivity index (χ2v) is 14.2. The predicted octanol–water partition coefficient (Wildman–Crippen LogP) is 5.50. The zero-order valence-corrected chi connectivity index (χ0v) is 25.2. The number of nitrogens with zero attached hydrogens (tertiary/aromatic N) is 4. The highest BCUT2D eigenvalue weighted by Gasteiger charge is 2.63. The van der Waals surface area contributed by atoms with Gasteiger partial charge in [-0.25, -0.2) is 22.2 Å². The first-order valence-corrected chi connectivity index (χ1v) is 16.2. The summed E-state index contributed by atoms with van der Waals surface area (Å²) in [5.41, 5.74) is -1.51. The van der Waals surface area contributed by atoms with E-state index in [-0.39, 0.29) is 43.7 Å². The number of hydrogen-bond acceptors (Lipinski definition) is 7. The SMILES string of the molecule is CS(=O)(=O)N1CCN(C(=O)c2ccc(-c3nc(C(F)(F)C(F)(F)F)oc3[C@@H]3CCC(F)(F)C[C@H]3C(=O)CC3(C#N)CC3)cc2)CC1. The number of piperazine rings is 1. The third kappa shape index (κ3) is 6.64. The van der Waals surface area contributed by atoms with E-state index in [9.17, 15) is 54.0 Å². The van der Waals surface area contributed by atoms with Crippen LogP contribution in [0.4, 0.5) is 30.7 Å². The Balaban J connectivity index is 1.49. The van der Waals surface area contributed by atoms with Gasteiger partial charge in [-0.15, -0.1) is 0 Å². The molecule has 0 bridgehead atoms. The van der Waals surface area contributed by atoms with Gasteiger partial charge in [0, 0.05) is 68.4 Å². The maximum atomic E-state index is 14.6. The first-order chi connectivity index (χ1) is 21.3. The van der Waals surface area contributed by atoms with Gasteiger partial charge in [-0.2, -0.15) is 31.5 Å². The molecule has 5 rings (SSSR count). The third-order valence-corrected chi connectivity index (χ3v) is 10.2. The van der Waals surface area contributed by atoms with E-state index in [4.69, 9.17) is 4.42 Å². The molecule has 2 aromatic rings. The number of carbonyl (C=O) groups excluding carboxylic acids is 2. The molecule has 9 nitrogen and oxygen atoms in total. The Morgan fingerprint density at radius 3 is 2.17 bits per heavy atom. The van der Waals surface area contributed by atoms with E-state index in [0.717, 1.165) is 6.26 Å². The van der Waals surface area contributed by atoms with Crippen molar-refractivity contribution in [3.05, 3.63) is 41.5 Å². The van der Waals surface area contributed by atoms with Crippen LogP contribution in [0.15, 0.2) is 28.7 Å². The largest absolute Gasteiger partial charge is 0.463 e. The highest BCUT2D eigenvalue weighted by atomic mass is 32.2. The normalized spacial score (nSPS) is 23.5. The molecule has 1 aromatic heterocycles. The smallest absolute Gasteiger partial charge is 0.439 e. The van der Waals surface area contributed by atoms with Crippen molar-refractivity contribution in [1.82, 2.24) is 14.2 Å². The Morgan fingerprint density at radius 2 is 1.65 bits per heavy atom. The zero-order valence-electron chi connectivity index (χ0n) is 24.4. The maximum Gasteiger partial charge on any atom is 0.463 e. The van der Waals surface area contributed by atoms with Gasteiger partial charge in [0.1, 0.15) is 17.2 Å². The average Bonchev–Trinajstić information content (AvgIpc) is 3.61. The summed E-state index contributed by atoms with van der Waals surface area (Å²) in [6, 6.07) is 6.97. The molecular formula is C29H29F7N4O5S. The average molecular weight is 679 g/mol. The number of sulfonamides is 1. The molecule has 46 heavy (non-hydrogen) atoms. The molecule has 0 unspecified atom stereocenters. The molecule has 0 radical (unpaired) electrons. The van der Waals surface area contributed by atoms with Crippen LogP contribution in [0, 0.1) is 22.7 Å². The number of amides is 1. The fourth-order valence-electron chi connectivity index (χ4n) is 5.95. The molecule has 0 spiro atoms. The van der Waals surface area contributed by atoms with Crippen molar-refractivity contribution in [2.24, 2.45) is 11.3 Å². The van der Waals surface area contributed by atoms with Crippen molar-refractivity contribution in [2.45, 2.75) is 62.5 Å². The van der Waals surface area contributed by atoms with E-state index in [0.29, 0.717) is 12.8 Å². The predicted molar refractivity (Wildman–Crippen MR) is 146 cm³/mol. The molecule has 2 saturated carbocycles. The summed E-state index contributed by atoms with van der Waals surface area (Å²) < 4.78 is 128. The van der Waals surface area contributed by atoms with Crippen LogP contribution in [0.3, 0.4) is 0 Å². The minimum atomic E-state index is -6.11. The monoisotopic (exact) mass is 678 g/mol.